The van der Waals surface area contributed by atoms with Crippen LogP contribution in [0.2, 0.25) is 0 Å². The Morgan fingerprint density at radius 2 is 1.95 bits per heavy atom. The molecule has 0 aliphatic carbocycles. The Labute approximate surface area is 126 Å². The number of hydrogen-bond acceptors (Lipinski definition) is 4. The molecule has 2 atom stereocenters. The molecule has 0 bridgehead atoms. The molecule has 1 N–H and O–H groups in total. The van der Waals surface area contributed by atoms with E-state index in [1.807, 2.05) is 6.92 Å². The van der Waals surface area contributed by atoms with Crippen LogP contribution in [0.3, 0.4) is 0 Å². The molecule has 1 heterocycles. The zero-order valence-electron chi connectivity index (χ0n) is 12.7. The third-order valence-corrected chi connectivity index (χ3v) is 5.57. The van der Waals surface area contributed by atoms with Gasteiger partial charge in [0.15, 0.2) is 9.84 Å². The number of aliphatic carboxylic acids is 1. The molecule has 1 aliphatic heterocycles. The summed E-state index contributed by atoms with van der Waals surface area (Å²) in [7, 11) is -3.36. The standard InChI is InChI=1S/C14H25NO5S/c1-3-4-5-8-21(19,20)10-13(16)15-7-6-12(14(17)18)11(2)9-15/h11-12H,3-10H2,1-2H3,(H,17,18). The summed E-state index contributed by atoms with van der Waals surface area (Å²) in [5.41, 5.74) is 0. The summed E-state index contributed by atoms with van der Waals surface area (Å²) in [6.45, 7) is 4.42. The predicted octanol–water partition coefficient (Wildman–Crippen LogP) is 1.16. The minimum absolute atomic E-state index is 0.0493. The quantitative estimate of drug-likeness (QED) is 0.711. The molecular formula is C14H25NO5S. The van der Waals surface area contributed by atoms with Crippen molar-refractivity contribution in [3.8, 4) is 0 Å². The Bertz CT molecular complexity index is 474. The van der Waals surface area contributed by atoms with E-state index in [2.05, 4.69) is 0 Å². The number of piperidine rings is 1. The lowest BCUT2D eigenvalue weighted by Gasteiger charge is -2.34. The molecule has 21 heavy (non-hydrogen) atoms. The number of carbonyl (C=O) groups excluding carboxylic acids is 1. The van der Waals surface area contributed by atoms with E-state index in [4.69, 9.17) is 5.11 Å². The van der Waals surface area contributed by atoms with Crippen LogP contribution in [0.15, 0.2) is 0 Å². The molecule has 0 radical (unpaired) electrons. The largest absolute Gasteiger partial charge is 0.481 e. The molecule has 1 fully saturated rings. The molecule has 0 saturated carbocycles. The summed E-state index contributed by atoms with van der Waals surface area (Å²) in [6.07, 6.45) is 2.75. The van der Waals surface area contributed by atoms with Crippen LogP contribution in [-0.4, -0.2) is 54.9 Å². The summed E-state index contributed by atoms with van der Waals surface area (Å²) in [5, 5.41) is 9.04. The molecule has 0 aromatic rings. The van der Waals surface area contributed by atoms with Crippen molar-refractivity contribution in [3.05, 3.63) is 0 Å². The van der Waals surface area contributed by atoms with E-state index in [0.29, 0.717) is 25.9 Å². The molecule has 122 valence electrons. The SMILES string of the molecule is CCCCCS(=O)(=O)CC(=O)N1CCC(C(=O)O)C(C)C1. The number of likely N-dealkylation sites (tertiary alicyclic amines) is 1. The normalized spacial score (nSPS) is 23.0. The molecule has 1 rings (SSSR count). The first-order valence-corrected chi connectivity index (χ1v) is 9.30. The number of carboxylic acid groups (broad SMARTS) is 1. The maximum atomic E-state index is 12.1. The van der Waals surface area contributed by atoms with Gasteiger partial charge in [-0.2, -0.15) is 0 Å². The highest BCUT2D eigenvalue weighted by Gasteiger charge is 2.33. The van der Waals surface area contributed by atoms with E-state index < -0.39 is 33.4 Å². The second kappa shape index (κ2) is 7.77. The monoisotopic (exact) mass is 319 g/mol. The topological polar surface area (TPSA) is 91.8 Å². The number of rotatable bonds is 7. The van der Waals surface area contributed by atoms with Gasteiger partial charge in [0.1, 0.15) is 5.75 Å². The van der Waals surface area contributed by atoms with Crippen LogP contribution < -0.4 is 0 Å². The Morgan fingerprint density at radius 1 is 1.29 bits per heavy atom. The van der Waals surface area contributed by atoms with Gasteiger partial charge in [-0.1, -0.05) is 26.7 Å². The zero-order valence-corrected chi connectivity index (χ0v) is 13.6. The molecule has 0 aromatic carbocycles. The molecule has 0 aromatic heterocycles. The summed E-state index contributed by atoms with van der Waals surface area (Å²) >= 11 is 0. The fourth-order valence-electron chi connectivity index (χ4n) is 2.66. The second-order valence-corrected chi connectivity index (χ2v) is 8.03. The zero-order chi connectivity index (χ0) is 16.0. The molecule has 1 amide bonds. The average Bonchev–Trinajstić information content (AvgIpc) is 2.37. The van der Waals surface area contributed by atoms with Crippen LogP contribution in [0.1, 0.15) is 39.5 Å². The number of carbonyl (C=O) groups is 2. The van der Waals surface area contributed by atoms with E-state index in [1.165, 1.54) is 4.90 Å². The second-order valence-electron chi connectivity index (χ2n) is 5.85. The van der Waals surface area contributed by atoms with Crippen LogP contribution in [-0.2, 0) is 19.4 Å². The van der Waals surface area contributed by atoms with Gasteiger partial charge < -0.3 is 10.0 Å². The van der Waals surface area contributed by atoms with Crippen LogP contribution >= 0.6 is 0 Å². The van der Waals surface area contributed by atoms with E-state index in [1.54, 1.807) is 6.92 Å². The van der Waals surface area contributed by atoms with Crippen molar-refractivity contribution >= 4 is 21.7 Å². The Kier molecular flexibility index (Phi) is 6.64. The van der Waals surface area contributed by atoms with Gasteiger partial charge in [0.2, 0.25) is 5.91 Å². The highest BCUT2D eigenvalue weighted by molar-refractivity contribution is 7.92. The van der Waals surface area contributed by atoms with Gasteiger partial charge in [-0.05, 0) is 18.8 Å². The summed E-state index contributed by atoms with van der Waals surface area (Å²) < 4.78 is 23.7. The highest BCUT2D eigenvalue weighted by Crippen LogP contribution is 2.23. The lowest BCUT2D eigenvalue weighted by atomic mass is 9.87. The van der Waals surface area contributed by atoms with Gasteiger partial charge in [0.25, 0.3) is 0 Å². The smallest absolute Gasteiger partial charge is 0.306 e. The van der Waals surface area contributed by atoms with Crippen molar-refractivity contribution in [2.24, 2.45) is 11.8 Å². The van der Waals surface area contributed by atoms with E-state index >= 15 is 0 Å². The number of carboxylic acids is 1. The molecule has 1 saturated heterocycles. The number of unbranched alkanes of at least 4 members (excludes halogenated alkanes) is 2. The molecule has 6 nitrogen and oxygen atoms in total. The fraction of sp³-hybridized carbons (Fsp3) is 0.857. The summed E-state index contributed by atoms with van der Waals surface area (Å²) in [5.74, 6) is -2.25. The van der Waals surface area contributed by atoms with Crippen LogP contribution in [0, 0.1) is 11.8 Å². The minimum Gasteiger partial charge on any atom is -0.481 e. The van der Waals surface area contributed by atoms with Crippen LogP contribution in [0.25, 0.3) is 0 Å². The van der Waals surface area contributed by atoms with Crippen molar-refractivity contribution in [1.82, 2.24) is 4.90 Å². The van der Waals surface area contributed by atoms with Crippen molar-refractivity contribution in [2.45, 2.75) is 39.5 Å². The van der Waals surface area contributed by atoms with Gasteiger partial charge in [-0.25, -0.2) is 8.42 Å². The van der Waals surface area contributed by atoms with Gasteiger partial charge >= 0.3 is 5.97 Å². The first-order chi connectivity index (χ1) is 9.76. The number of hydrogen-bond donors (Lipinski definition) is 1. The van der Waals surface area contributed by atoms with Gasteiger partial charge in [-0.3, -0.25) is 9.59 Å². The van der Waals surface area contributed by atoms with Crippen LogP contribution in [0.5, 0.6) is 0 Å². The Morgan fingerprint density at radius 3 is 2.48 bits per heavy atom. The van der Waals surface area contributed by atoms with Gasteiger partial charge in [0.05, 0.1) is 11.7 Å². The maximum Gasteiger partial charge on any atom is 0.306 e. The third kappa shape index (κ3) is 5.65. The third-order valence-electron chi connectivity index (χ3n) is 3.98. The Hall–Kier alpha value is -1.11. The average molecular weight is 319 g/mol. The first-order valence-electron chi connectivity index (χ1n) is 7.48. The van der Waals surface area contributed by atoms with E-state index in [-0.39, 0.29) is 11.7 Å². The highest BCUT2D eigenvalue weighted by atomic mass is 32.2. The molecule has 1 aliphatic rings. The van der Waals surface area contributed by atoms with Crippen LogP contribution in [0.4, 0.5) is 0 Å². The molecular weight excluding hydrogens is 294 g/mol. The fourth-order valence-corrected chi connectivity index (χ4v) is 4.01. The number of sulfone groups is 1. The summed E-state index contributed by atoms with van der Waals surface area (Å²) in [4.78, 5) is 24.6. The lowest BCUT2D eigenvalue weighted by molar-refractivity contribution is -0.147. The minimum atomic E-state index is -3.36. The molecule has 7 heteroatoms. The van der Waals surface area contributed by atoms with Gasteiger partial charge in [0, 0.05) is 13.1 Å². The first kappa shape index (κ1) is 17.9. The lowest BCUT2D eigenvalue weighted by Crippen LogP contribution is -2.46. The van der Waals surface area contributed by atoms with Crippen molar-refractivity contribution in [3.63, 3.8) is 0 Å². The summed E-state index contributed by atoms with van der Waals surface area (Å²) in [6, 6.07) is 0. The molecule has 2 unspecified atom stereocenters. The Balaban J connectivity index is 2.51. The maximum absolute atomic E-state index is 12.1. The predicted molar refractivity (Wildman–Crippen MR) is 79.7 cm³/mol. The number of amides is 1. The van der Waals surface area contributed by atoms with Crippen molar-refractivity contribution in [1.29, 1.82) is 0 Å². The van der Waals surface area contributed by atoms with E-state index in [9.17, 15) is 18.0 Å². The van der Waals surface area contributed by atoms with Crippen molar-refractivity contribution < 1.29 is 23.1 Å². The van der Waals surface area contributed by atoms with Gasteiger partial charge in [-0.15, -0.1) is 0 Å². The number of nitrogens with zero attached hydrogens (tertiary/aromatic N) is 1. The van der Waals surface area contributed by atoms with Crippen molar-refractivity contribution in [2.75, 3.05) is 24.6 Å². The molecule has 0 spiro atoms. The van der Waals surface area contributed by atoms with E-state index in [0.717, 1.165) is 12.8 Å².